The fourth-order valence-corrected chi connectivity index (χ4v) is 2.24. The van der Waals surface area contributed by atoms with Crippen molar-refractivity contribution in [2.45, 2.75) is 0 Å². The Morgan fingerprint density at radius 2 is 1.76 bits per heavy atom. The van der Waals surface area contributed by atoms with Gasteiger partial charge < -0.3 is 5.11 Å². The monoisotopic (exact) mass is 343 g/mol. The summed E-state index contributed by atoms with van der Waals surface area (Å²) in [5.74, 6) is -1.01. The van der Waals surface area contributed by atoms with Crippen LogP contribution < -0.4 is 0 Å². The van der Waals surface area contributed by atoms with Crippen molar-refractivity contribution in [3.8, 4) is 16.9 Å². The molecule has 21 heavy (non-hydrogen) atoms. The molecule has 0 aliphatic carbocycles. The Labute approximate surface area is 129 Å². The number of nitrogens with zero attached hydrogens (tertiary/aromatic N) is 3. The van der Waals surface area contributed by atoms with E-state index in [2.05, 4.69) is 26.0 Å². The number of benzene rings is 1. The summed E-state index contributed by atoms with van der Waals surface area (Å²) in [4.78, 5) is 15.4. The number of carbonyl (C=O) groups is 1. The van der Waals surface area contributed by atoms with E-state index in [1.165, 1.54) is 6.20 Å². The molecular weight excluding hydrogens is 334 g/mol. The Hall–Kier alpha value is -2.47. The van der Waals surface area contributed by atoms with Gasteiger partial charge in [-0.15, -0.1) is 0 Å². The molecule has 0 aliphatic heterocycles. The first-order chi connectivity index (χ1) is 10.1. The molecule has 0 radical (unpaired) electrons. The summed E-state index contributed by atoms with van der Waals surface area (Å²) in [6.45, 7) is 0. The van der Waals surface area contributed by atoms with E-state index in [9.17, 15) is 9.90 Å². The summed E-state index contributed by atoms with van der Waals surface area (Å²) >= 11 is 3.36. The first-order valence-corrected chi connectivity index (χ1v) is 6.94. The van der Waals surface area contributed by atoms with Gasteiger partial charge >= 0.3 is 5.97 Å². The lowest BCUT2D eigenvalue weighted by Crippen LogP contribution is -1.96. The summed E-state index contributed by atoms with van der Waals surface area (Å²) in [5.41, 5.74) is 2.11. The number of aromatic carboxylic acids is 1. The minimum absolute atomic E-state index is 0.161. The number of carboxylic acids is 1. The minimum atomic E-state index is -1.01. The third kappa shape index (κ3) is 2.71. The van der Waals surface area contributed by atoms with Crippen molar-refractivity contribution in [1.29, 1.82) is 0 Å². The van der Waals surface area contributed by atoms with Crippen molar-refractivity contribution in [3.63, 3.8) is 0 Å². The Balaban J connectivity index is 2.14. The summed E-state index contributed by atoms with van der Waals surface area (Å²) in [5, 5.41) is 13.8. The van der Waals surface area contributed by atoms with Crippen LogP contribution in [0.25, 0.3) is 16.9 Å². The van der Waals surface area contributed by atoms with Crippen LogP contribution in [0.3, 0.4) is 0 Å². The zero-order valence-corrected chi connectivity index (χ0v) is 12.4. The molecular formula is C15H10BrN3O2. The molecule has 2 aromatic heterocycles. The fraction of sp³-hybridized carbons (Fsp3) is 0. The van der Waals surface area contributed by atoms with Crippen molar-refractivity contribution in [2.24, 2.45) is 0 Å². The van der Waals surface area contributed by atoms with E-state index in [-0.39, 0.29) is 5.56 Å². The molecule has 0 atom stereocenters. The molecule has 0 amide bonds. The quantitative estimate of drug-likeness (QED) is 0.791. The van der Waals surface area contributed by atoms with Gasteiger partial charge in [-0.25, -0.2) is 9.48 Å². The topological polar surface area (TPSA) is 68.0 Å². The molecule has 3 rings (SSSR count). The number of rotatable bonds is 3. The molecule has 0 saturated heterocycles. The number of halogens is 1. The number of aromatic nitrogens is 3. The van der Waals surface area contributed by atoms with E-state index < -0.39 is 5.97 Å². The van der Waals surface area contributed by atoms with Crippen molar-refractivity contribution in [3.05, 3.63) is 65.0 Å². The van der Waals surface area contributed by atoms with Gasteiger partial charge in [0.15, 0.2) is 0 Å². The molecule has 6 heteroatoms. The van der Waals surface area contributed by atoms with E-state index in [4.69, 9.17) is 0 Å². The second-order valence-electron chi connectivity index (χ2n) is 4.35. The van der Waals surface area contributed by atoms with Crippen LogP contribution in [0.5, 0.6) is 0 Å². The van der Waals surface area contributed by atoms with Crippen LogP contribution in [0.4, 0.5) is 0 Å². The molecule has 3 aromatic rings. The van der Waals surface area contributed by atoms with E-state index in [1.807, 2.05) is 24.3 Å². The number of carboxylic acid groups (broad SMARTS) is 1. The maximum atomic E-state index is 11.4. The van der Waals surface area contributed by atoms with Gasteiger partial charge in [0, 0.05) is 28.6 Å². The largest absolute Gasteiger partial charge is 0.478 e. The van der Waals surface area contributed by atoms with Gasteiger partial charge in [-0.3, -0.25) is 4.98 Å². The highest BCUT2D eigenvalue weighted by molar-refractivity contribution is 9.10. The van der Waals surface area contributed by atoms with Crippen molar-refractivity contribution >= 4 is 21.9 Å². The van der Waals surface area contributed by atoms with Crippen LogP contribution in [-0.2, 0) is 0 Å². The number of hydrogen-bond acceptors (Lipinski definition) is 3. The zero-order valence-electron chi connectivity index (χ0n) is 10.8. The Morgan fingerprint density at radius 1 is 1.10 bits per heavy atom. The second kappa shape index (κ2) is 5.49. The molecule has 0 spiro atoms. The smallest absolute Gasteiger partial charge is 0.339 e. The van der Waals surface area contributed by atoms with Crippen molar-refractivity contribution in [2.75, 3.05) is 0 Å². The van der Waals surface area contributed by atoms with Crippen LogP contribution in [0.2, 0.25) is 0 Å². The summed E-state index contributed by atoms with van der Waals surface area (Å²) < 4.78 is 2.47. The first-order valence-electron chi connectivity index (χ1n) is 6.14. The van der Waals surface area contributed by atoms with Gasteiger partial charge in [-0.2, -0.15) is 5.10 Å². The molecule has 0 saturated carbocycles. The maximum absolute atomic E-state index is 11.4. The van der Waals surface area contributed by atoms with Gasteiger partial charge in [0.2, 0.25) is 0 Å². The Bertz CT molecular complexity index is 782. The molecule has 0 aliphatic rings. The second-order valence-corrected chi connectivity index (χ2v) is 5.27. The molecule has 2 heterocycles. The molecule has 0 unspecified atom stereocenters. The Morgan fingerprint density at radius 3 is 2.38 bits per heavy atom. The zero-order chi connectivity index (χ0) is 14.8. The summed E-state index contributed by atoms with van der Waals surface area (Å²) in [6, 6.07) is 10.9. The third-order valence-corrected chi connectivity index (χ3v) is 3.52. The van der Waals surface area contributed by atoms with Gasteiger partial charge in [0.25, 0.3) is 0 Å². The predicted molar refractivity (Wildman–Crippen MR) is 81.5 cm³/mol. The number of pyridine rings is 1. The van der Waals surface area contributed by atoms with Crippen LogP contribution in [0, 0.1) is 0 Å². The molecule has 1 N–H and O–H groups in total. The molecule has 1 aromatic carbocycles. The number of hydrogen-bond donors (Lipinski definition) is 1. The highest BCUT2D eigenvalue weighted by Gasteiger charge is 2.17. The van der Waals surface area contributed by atoms with Gasteiger partial charge in [-0.05, 0) is 24.3 Å². The summed E-state index contributed by atoms with van der Waals surface area (Å²) in [6.07, 6.45) is 4.78. The lowest BCUT2D eigenvalue weighted by atomic mass is 10.1. The third-order valence-electron chi connectivity index (χ3n) is 2.99. The standard InChI is InChI=1S/C15H10BrN3O2/c16-11-3-1-10(2-4-11)14-13(15(20)21)9-19(18-14)12-5-7-17-8-6-12/h1-9H,(H,20,21). The minimum Gasteiger partial charge on any atom is -0.478 e. The normalized spacial score (nSPS) is 10.5. The van der Waals surface area contributed by atoms with E-state index in [0.29, 0.717) is 5.69 Å². The van der Waals surface area contributed by atoms with Gasteiger partial charge in [0.05, 0.1) is 5.69 Å². The van der Waals surface area contributed by atoms with Crippen LogP contribution in [0.1, 0.15) is 10.4 Å². The SMILES string of the molecule is O=C(O)c1cn(-c2ccncc2)nc1-c1ccc(Br)cc1. The lowest BCUT2D eigenvalue weighted by Gasteiger charge is -2.00. The molecule has 5 nitrogen and oxygen atoms in total. The van der Waals surface area contributed by atoms with Gasteiger partial charge in [0.1, 0.15) is 11.3 Å². The van der Waals surface area contributed by atoms with E-state index in [0.717, 1.165) is 15.7 Å². The highest BCUT2D eigenvalue weighted by atomic mass is 79.9. The lowest BCUT2D eigenvalue weighted by molar-refractivity contribution is 0.0697. The van der Waals surface area contributed by atoms with Crippen LogP contribution in [0.15, 0.2) is 59.5 Å². The highest BCUT2D eigenvalue weighted by Crippen LogP contribution is 2.25. The van der Waals surface area contributed by atoms with Crippen molar-refractivity contribution in [1.82, 2.24) is 14.8 Å². The molecule has 0 fully saturated rings. The van der Waals surface area contributed by atoms with E-state index in [1.54, 1.807) is 29.2 Å². The predicted octanol–water partition coefficient (Wildman–Crippen LogP) is 3.40. The Kier molecular flexibility index (Phi) is 3.53. The van der Waals surface area contributed by atoms with E-state index >= 15 is 0 Å². The van der Waals surface area contributed by atoms with Crippen LogP contribution >= 0.6 is 15.9 Å². The van der Waals surface area contributed by atoms with Crippen LogP contribution in [-0.4, -0.2) is 25.8 Å². The summed E-state index contributed by atoms with van der Waals surface area (Å²) in [7, 11) is 0. The fourth-order valence-electron chi connectivity index (χ4n) is 1.98. The van der Waals surface area contributed by atoms with Gasteiger partial charge in [-0.1, -0.05) is 28.1 Å². The molecule has 104 valence electrons. The average molecular weight is 344 g/mol. The maximum Gasteiger partial charge on any atom is 0.339 e. The first kappa shape index (κ1) is 13.5. The average Bonchev–Trinajstić information content (AvgIpc) is 2.94. The van der Waals surface area contributed by atoms with Crippen molar-refractivity contribution < 1.29 is 9.90 Å². The molecule has 0 bridgehead atoms.